The highest BCUT2D eigenvalue weighted by Gasteiger charge is 2.13. The van der Waals surface area contributed by atoms with Gasteiger partial charge in [0.25, 0.3) is 5.91 Å². The molecule has 1 N–H and O–H groups in total. The predicted molar refractivity (Wildman–Crippen MR) is 79.1 cm³/mol. The van der Waals surface area contributed by atoms with E-state index in [0.717, 1.165) is 4.90 Å². The van der Waals surface area contributed by atoms with E-state index in [1.807, 2.05) is 18.4 Å². The van der Waals surface area contributed by atoms with E-state index in [-0.39, 0.29) is 11.7 Å². The third kappa shape index (κ3) is 3.33. The first-order chi connectivity index (χ1) is 9.13. The van der Waals surface area contributed by atoms with E-state index in [2.05, 4.69) is 21.2 Å². The van der Waals surface area contributed by atoms with Crippen LogP contribution in [0.25, 0.3) is 0 Å². The second-order valence-electron chi connectivity index (χ2n) is 3.62. The maximum Gasteiger partial charge on any atom is 0.291 e. The largest absolute Gasteiger partial charge is 0.495 e. The molecule has 1 amide bonds. The summed E-state index contributed by atoms with van der Waals surface area (Å²) in [5.41, 5.74) is 0.609. The maximum atomic E-state index is 12.0. The molecule has 2 aromatic rings. The van der Waals surface area contributed by atoms with E-state index < -0.39 is 0 Å². The summed E-state index contributed by atoms with van der Waals surface area (Å²) in [7, 11) is 1.57. The van der Waals surface area contributed by atoms with Crippen molar-refractivity contribution in [3.05, 3.63) is 40.8 Å². The van der Waals surface area contributed by atoms with Crippen molar-refractivity contribution in [1.29, 1.82) is 0 Å². The number of thioether (sulfide) groups is 1. The molecule has 0 unspecified atom stereocenters. The average molecular weight is 342 g/mol. The fraction of sp³-hybridized carbons (Fsp3) is 0.154. The monoisotopic (exact) mass is 341 g/mol. The Bertz CT molecular complexity index is 597. The summed E-state index contributed by atoms with van der Waals surface area (Å²) >= 11 is 4.77. The van der Waals surface area contributed by atoms with Crippen LogP contribution in [0.3, 0.4) is 0 Å². The van der Waals surface area contributed by atoms with Crippen molar-refractivity contribution in [2.24, 2.45) is 0 Å². The molecule has 19 heavy (non-hydrogen) atoms. The smallest absolute Gasteiger partial charge is 0.291 e. The molecule has 0 spiro atoms. The van der Waals surface area contributed by atoms with Crippen LogP contribution < -0.4 is 10.1 Å². The van der Waals surface area contributed by atoms with Crippen molar-refractivity contribution in [2.75, 3.05) is 18.7 Å². The number of methoxy groups -OCH3 is 1. The summed E-state index contributed by atoms with van der Waals surface area (Å²) in [6.45, 7) is 0. The first-order valence-electron chi connectivity index (χ1n) is 5.42. The first-order valence-corrected chi connectivity index (χ1v) is 7.44. The molecule has 0 aliphatic rings. The number of amides is 1. The summed E-state index contributed by atoms with van der Waals surface area (Å²) in [6, 6.07) is 8.87. The van der Waals surface area contributed by atoms with Gasteiger partial charge in [-0.15, -0.1) is 11.8 Å². The minimum atomic E-state index is -0.319. The number of hydrogen-bond acceptors (Lipinski definition) is 4. The number of furan rings is 1. The second kappa shape index (κ2) is 6.16. The number of benzene rings is 1. The van der Waals surface area contributed by atoms with Gasteiger partial charge in [-0.3, -0.25) is 4.79 Å². The fourth-order valence-corrected chi connectivity index (χ4v) is 2.26. The maximum absolute atomic E-state index is 12.0. The van der Waals surface area contributed by atoms with Crippen LogP contribution in [-0.4, -0.2) is 19.3 Å². The van der Waals surface area contributed by atoms with Gasteiger partial charge in [-0.2, -0.15) is 0 Å². The molecule has 0 radical (unpaired) electrons. The lowest BCUT2D eigenvalue weighted by atomic mass is 10.3. The highest BCUT2D eigenvalue weighted by molar-refractivity contribution is 9.10. The van der Waals surface area contributed by atoms with Crippen LogP contribution in [0, 0.1) is 0 Å². The molecule has 0 aliphatic heterocycles. The van der Waals surface area contributed by atoms with Gasteiger partial charge in [-0.05, 0) is 52.5 Å². The lowest BCUT2D eigenvalue weighted by Crippen LogP contribution is -2.11. The molecule has 0 aliphatic carbocycles. The Morgan fingerprint density at radius 2 is 2.16 bits per heavy atom. The topological polar surface area (TPSA) is 51.5 Å². The van der Waals surface area contributed by atoms with Gasteiger partial charge in [0.05, 0.1) is 12.8 Å². The number of ether oxygens (including phenoxy) is 1. The highest BCUT2D eigenvalue weighted by atomic mass is 79.9. The third-order valence-electron chi connectivity index (χ3n) is 2.45. The zero-order valence-corrected chi connectivity index (χ0v) is 12.8. The Balaban J connectivity index is 2.21. The van der Waals surface area contributed by atoms with Gasteiger partial charge in [-0.25, -0.2) is 0 Å². The molecule has 1 aromatic carbocycles. The summed E-state index contributed by atoms with van der Waals surface area (Å²) in [5, 5.41) is 2.75. The molecule has 0 fully saturated rings. The molecule has 6 heteroatoms. The highest BCUT2D eigenvalue weighted by Crippen LogP contribution is 2.29. The zero-order valence-electron chi connectivity index (χ0n) is 10.4. The average Bonchev–Trinajstić information content (AvgIpc) is 2.86. The van der Waals surface area contributed by atoms with Gasteiger partial charge in [0.15, 0.2) is 10.4 Å². The molecule has 1 aromatic heterocycles. The number of halogens is 1. The SMILES string of the molecule is COc1cc(SC)ccc1NC(=O)c1ccc(Br)o1. The van der Waals surface area contributed by atoms with Crippen molar-refractivity contribution < 1.29 is 13.9 Å². The van der Waals surface area contributed by atoms with Crippen molar-refractivity contribution in [3.8, 4) is 5.75 Å². The van der Waals surface area contributed by atoms with Crippen LogP contribution in [-0.2, 0) is 0 Å². The molecule has 0 bridgehead atoms. The van der Waals surface area contributed by atoms with Gasteiger partial charge in [0.2, 0.25) is 0 Å². The summed E-state index contributed by atoms with van der Waals surface area (Å²) in [5.74, 6) is 0.537. The standard InChI is InChI=1S/C13H12BrNO3S/c1-17-11-7-8(19-2)3-4-9(11)15-13(16)10-5-6-12(14)18-10/h3-7H,1-2H3,(H,15,16). The Morgan fingerprint density at radius 1 is 1.37 bits per heavy atom. The van der Waals surface area contributed by atoms with Crippen LogP contribution in [0.15, 0.2) is 44.3 Å². The normalized spacial score (nSPS) is 10.3. The Hall–Kier alpha value is -1.40. The lowest BCUT2D eigenvalue weighted by molar-refractivity contribution is 0.0995. The van der Waals surface area contributed by atoms with Crippen LogP contribution in [0.4, 0.5) is 5.69 Å². The number of hydrogen-bond donors (Lipinski definition) is 1. The minimum Gasteiger partial charge on any atom is -0.495 e. The van der Waals surface area contributed by atoms with Gasteiger partial charge in [0.1, 0.15) is 5.75 Å². The van der Waals surface area contributed by atoms with Crippen LogP contribution in [0.5, 0.6) is 5.75 Å². The van der Waals surface area contributed by atoms with Gasteiger partial charge in [-0.1, -0.05) is 0 Å². The van der Waals surface area contributed by atoms with Gasteiger partial charge < -0.3 is 14.5 Å². The molecule has 4 nitrogen and oxygen atoms in total. The summed E-state index contributed by atoms with van der Waals surface area (Å²) in [4.78, 5) is 13.0. The summed E-state index contributed by atoms with van der Waals surface area (Å²) in [6.07, 6.45) is 1.98. The van der Waals surface area contributed by atoms with E-state index in [1.165, 1.54) is 0 Å². The Labute approximate surface area is 123 Å². The van der Waals surface area contributed by atoms with E-state index >= 15 is 0 Å². The molecular formula is C13H12BrNO3S. The number of carbonyl (C=O) groups excluding carboxylic acids is 1. The van der Waals surface area contributed by atoms with E-state index in [0.29, 0.717) is 16.1 Å². The quantitative estimate of drug-likeness (QED) is 0.853. The minimum absolute atomic E-state index is 0.239. The lowest BCUT2D eigenvalue weighted by Gasteiger charge is -2.10. The van der Waals surface area contributed by atoms with E-state index in [9.17, 15) is 4.79 Å². The van der Waals surface area contributed by atoms with Crippen LogP contribution >= 0.6 is 27.7 Å². The predicted octanol–water partition coefficient (Wildman–Crippen LogP) is 4.02. The van der Waals surface area contributed by atoms with Crippen LogP contribution in [0.2, 0.25) is 0 Å². The molecule has 2 rings (SSSR count). The van der Waals surface area contributed by atoms with E-state index in [4.69, 9.17) is 9.15 Å². The molecule has 100 valence electrons. The second-order valence-corrected chi connectivity index (χ2v) is 5.29. The number of rotatable bonds is 4. The molecule has 0 atom stereocenters. The summed E-state index contributed by atoms with van der Waals surface area (Å²) < 4.78 is 11.0. The molecule has 0 saturated carbocycles. The third-order valence-corrected chi connectivity index (χ3v) is 3.61. The first kappa shape index (κ1) is 14.0. The number of anilines is 1. The van der Waals surface area contributed by atoms with Crippen molar-refractivity contribution in [2.45, 2.75) is 4.90 Å². The van der Waals surface area contributed by atoms with Crippen molar-refractivity contribution >= 4 is 39.3 Å². The van der Waals surface area contributed by atoms with Crippen molar-refractivity contribution in [3.63, 3.8) is 0 Å². The van der Waals surface area contributed by atoms with Gasteiger partial charge >= 0.3 is 0 Å². The van der Waals surface area contributed by atoms with Crippen molar-refractivity contribution in [1.82, 2.24) is 0 Å². The molecule has 0 saturated heterocycles. The van der Waals surface area contributed by atoms with E-state index in [1.54, 1.807) is 37.1 Å². The molecule has 1 heterocycles. The number of nitrogens with one attached hydrogen (secondary N) is 1. The zero-order chi connectivity index (χ0) is 13.8. The number of carbonyl (C=O) groups is 1. The fourth-order valence-electron chi connectivity index (χ4n) is 1.52. The van der Waals surface area contributed by atoms with Gasteiger partial charge in [0, 0.05) is 4.90 Å². The Kier molecular flexibility index (Phi) is 4.55. The Morgan fingerprint density at radius 3 is 2.74 bits per heavy atom. The van der Waals surface area contributed by atoms with Crippen LogP contribution in [0.1, 0.15) is 10.6 Å². The molecular weight excluding hydrogens is 330 g/mol.